The van der Waals surface area contributed by atoms with Crippen molar-refractivity contribution in [3.63, 3.8) is 0 Å². The largest absolute Gasteiger partial charge is 0.486 e. The molecule has 0 aromatic heterocycles. The summed E-state index contributed by atoms with van der Waals surface area (Å²) < 4.78 is 13.0. The fraction of sp³-hybridized carbons (Fsp3) is 0.250. The molecule has 0 saturated carbocycles. The van der Waals surface area contributed by atoms with E-state index in [1.54, 1.807) is 0 Å². The van der Waals surface area contributed by atoms with Crippen molar-refractivity contribution in [3.8, 4) is 11.5 Å². The Bertz CT molecular complexity index is 658. The summed E-state index contributed by atoms with van der Waals surface area (Å²) in [4.78, 5) is 0. The van der Waals surface area contributed by atoms with Gasteiger partial charge in [-0.2, -0.15) is 0 Å². The quantitative estimate of drug-likeness (QED) is 0.816. The molecule has 0 spiro atoms. The number of rotatable bonds is 3. The summed E-state index contributed by atoms with van der Waals surface area (Å²) in [6, 6.07) is 11.6. The number of ether oxygens (including phenoxy) is 2. The number of aliphatic hydroxyl groups is 1. The van der Waals surface area contributed by atoms with Crippen molar-refractivity contribution >= 4 is 31.9 Å². The van der Waals surface area contributed by atoms with Crippen LogP contribution >= 0.6 is 31.9 Å². The highest BCUT2D eigenvalue weighted by Gasteiger charge is 2.19. The molecule has 3 nitrogen and oxygen atoms in total. The van der Waals surface area contributed by atoms with Crippen LogP contribution in [0.2, 0.25) is 0 Å². The smallest absolute Gasteiger partial charge is 0.175 e. The molecule has 110 valence electrons. The summed E-state index contributed by atoms with van der Waals surface area (Å²) in [7, 11) is 0. The van der Waals surface area contributed by atoms with Crippen LogP contribution in [0.4, 0.5) is 0 Å². The highest BCUT2D eigenvalue weighted by molar-refractivity contribution is 9.10. The molecule has 0 fully saturated rings. The average molecular weight is 414 g/mol. The fourth-order valence-electron chi connectivity index (χ4n) is 2.31. The molecule has 0 aliphatic carbocycles. The molecule has 0 radical (unpaired) electrons. The van der Waals surface area contributed by atoms with E-state index in [9.17, 15) is 5.11 Å². The first-order valence-corrected chi connectivity index (χ1v) is 8.24. The summed E-state index contributed by atoms with van der Waals surface area (Å²) >= 11 is 6.98. The van der Waals surface area contributed by atoms with E-state index in [1.807, 2.05) is 36.4 Å². The lowest BCUT2D eigenvalue weighted by Crippen LogP contribution is -2.16. The molecule has 1 aliphatic heterocycles. The first-order valence-electron chi connectivity index (χ1n) is 6.65. The second-order valence-electron chi connectivity index (χ2n) is 4.84. The van der Waals surface area contributed by atoms with Gasteiger partial charge in [-0.25, -0.2) is 0 Å². The second-order valence-corrected chi connectivity index (χ2v) is 6.55. The lowest BCUT2D eigenvalue weighted by Gasteiger charge is -2.22. The third-order valence-corrected chi connectivity index (χ3v) is 4.74. The van der Waals surface area contributed by atoms with Gasteiger partial charge in [-0.3, -0.25) is 0 Å². The number of halogens is 2. The van der Waals surface area contributed by atoms with E-state index < -0.39 is 6.10 Å². The van der Waals surface area contributed by atoms with Crippen LogP contribution in [0.5, 0.6) is 11.5 Å². The third kappa shape index (κ3) is 3.25. The molecular weight excluding hydrogens is 400 g/mol. The monoisotopic (exact) mass is 412 g/mol. The van der Waals surface area contributed by atoms with Crippen LogP contribution < -0.4 is 9.47 Å². The molecule has 5 heteroatoms. The first-order chi connectivity index (χ1) is 10.1. The molecule has 3 rings (SSSR count). The van der Waals surface area contributed by atoms with E-state index >= 15 is 0 Å². The van der Waals surface area contributed by atoms with E-state index in [0.29, 0.717) is 31.1 Å². The summed E-state index contributed by atoms with van der Waals surface area (Å²) in [5, 5.41) is 10.5. The number of fused-ring (bicyclic) bond motifs is 1. The molecule has 0 saturated heterocycles. The Kier molecular flexibility index (Phi) is 4.52. The van der Waals surface area contributed by atoms with Gasteiger partial charge in [0.25, 0.3) is 0 Å². The molecule has 2 aromatic rings. The van der Waals surface area contributed by atoms with Crippen LogP contribution in [0.3, 0.4) is 0 Å². The Labute approximate surface area is 140 Å². The minimum absolute atomic E-state index is 0.531. The van der Waals surface area contributed by atoms with Gasteiger partial charge < -0.3 is 14.6 Å². The number of hydrogen-bond donors (Lipinski definition) is 1. The molecule has 1 aliphatic rings. The lowest BCUT2D eigenvalue weighted by atomic mass is 10.0. The summed E-state index contributed by atoms with van der Waals surface area (Å²) in [6.07, 6.45) is -0.0659. The van der Waals surface area contributed by atoms with Gasteiger partial charge in [0.2, 0.25) is 0 Å². The van der Waals surface area contributed by atoms with Crippen molar-refractivity contribution in [3.05, 3.63) is 56.5 Å². The standard InChI is InChI=1S/C16H14Br2O3/c17-12-4-2-1-3-10(12)8-14(19)11-7-13(18)16-15(9-11)20-5-6-21-16/h1-4,7,9,14,19H,5-6,8H2. The predicted octanol–water partition coefficient (Wildman–Crippen LogP) is 4.26. The van der Waals surface area contributed by atoms with Crippen molar-refractivity contribution < 1.29 is 14.6 Å². The Hall–Kier alpha value is -1.04. The average Bonchev–Trinajstić information content (AvgIpc) is 2.49. The summed E-state index contributed by atoms with van der Waals surface area (Å²) in [6.45, 7) is 1.08. The summed E-state index contributed by atoms with van der Waals surface area (Å²) in [5.41, 5.74) is 1.87. The highest BCUT2D eigenvalue weighted by Crippen LogP contribution is 2.40. The SMILES string of the molecule is OC(Cc1ccccc1Br)c1cc(Br)c2c(c1)OCCO2. The van der Waals surface area contributed by atoms with Gasteiger partial charge in [-0.05, 0) is 45.3 Å². The van der Waals surface area contributed by atoms with Gasteiger partial charge in [0.05, 0.1) is 10.6 Å². The molecule has 1 heterocycles. The van der Waals surface area contributed by atoms with E-state index in [0.717, 1.165) is 20.1 Å². The van der Waals surface area contributed by atoms with E-state index in [1.165, 1.54) is 0 Å². The minimum Gasteiger partial charge on any atom is -0.486 e. The maximum Gasteiger partial charge on any atom is 0.175 e. The lowest BCUT2D eigenvalue weighted by molar-refractivity contribution is 0.163. The first kappa shape index (κ1) is 14.9. The Morgan fingerprint density at radius 2 is 1.81 bits per heavy atom. The predicted molar refractivity (Wildman–Crippen MR) is 87.9 cm³/mol. The van der Waals surface area contributed by atoms with Crippen LogP contribution in [0.25, 0.3) is 0 Å². The van der Waals surface area contributed by atoms with Gasteiger partial charge in [0, 0.05) is 10.9 Å². The van der Waals surface area contributed by atoms with Gasteiger partial charge in [-0.15, -0.1) is 0 Å². The number of aliphatic hydroxyl groups excluding tert-OH is 1. The van der Waals surface area contributed by atoms with Gasteiger partial charge in [-0.1, -0.05) is 34.1 Å². The van der Waals surface area contributed by atoms with Gasteiger partial charge in [0.1, 0.15) is 13.2 Å². The van der Waals surface area contributed by atoms with Crippen molar-refractivity contribution in [1.29, 1.82) is 0 Å². The summed E-state index contributed by atoms with van der Waals surface area (Å²) in [5.74, 6) is 1.38. The van der Waals surface area contributed by atoms with E-state index in [2.05, 4.69) is 31.9 Å². The number of hydrogen-bond acceptors (Lipinski definition) is 3. The van der Waals surface area contributed by atoms with Crippen LogP contribution in [0.15, 0.2) is 45.3 Å². The Morgan fingerprint density at radius 1 is 1.05 bits per heavy atom. The molecule has 21 heavy (non-hydrogen) atoms. The zero-order chi connectivity index (χ0) is 14.8. The maximum atomic E-state index is 10.5. The molecule has 1 atom stereocenters. The fourth-order valence-corrected chi connectivity index (χ4v) is 3.33. The van der Waals surface area contributed by atoms with Crippen molar-refractivity contribution in [2.24, 2.45) is 0 Å². The van der Waals surface area contributed by atoms with Gasteiger partial charge in [0.15, 0.2) is 11.5 Å². The van der Waals surface area contributed by atoms with E-state index in [4.69, 9.17) is 9.47 Å². The van der Waals surface area contributed by atoms with Crippen LogP contribution in [-0.4, -0.2) is 18.3 Å². The van der Waals surface area contributed by atoms with Gasteiger partial charge >= 0.3 is 0 Å². The molecule has 0 amide bonds. The Morgan fingerprint density at radius 3 is 2.62 bits per heavy atom. The van der Waals surface area contributed by atoms with Crippen molar-refractivity contribution in [2.45, 2.75) is 12.5 Å². The van der Waals surface area contributed by atoms with Crippen molar-refractivity contribution in [1.82, 2.24) is 0 Å². The third-order valence-electron chi connectivity index (χ3n) is 3.38. The van der Waals surface area contributed by atoms with Crippen LogP contribution in [0, 0.1) is 0 Å². The van der Waals surface area contributed by atoms with Crippen molar-refractivity contribution in [2.75, 3.05) is 13.2 Å². The zero-order valence-electron chi connectivity index (χ0n) is 11.2. The molecular formula is C16H14Br2O3. The zero-order valence-corrected chi connectivity index (χ0v) is 14.4. The molecule has 0 bridgehead atoms. The van der Waals surface area contributed by atoms with Crippen LogP contribution in [-0.2, 0) is 6.42 Å². The molecule has 2 aromatic carbocycles. The molecule has 1 N–H and O–H groups in total. The second kappa shape index (κ2) is 6.38. The topological polar surface area (TPSA) is 38.7 Å². The Balaban J connectivity index is 1.86. The maximum absolute atomic E-state index is 10.5. The van der Waals surface area contributed by atoms with E-state index in [-0.39, 0.29) is 0 Å². The highest BCUT2D eigenvalue weighted by atomic mass is 79.9. The molecule has 1 unspecified atom stereocenters. The minimum atomic E-state index is -0.601. The van der Waals surface area contributed by atoms with Crippen LogP contribution in [0.1, 0.15) is 17.2 Å². The normalized spacial score (nSPS) is 14.8. The number of benzene rings is 2.